The van der Waals surface area contributed by atoms with Crippen LogP contribution in [0.5, 0.6) is 0 Å². The third kappa shape index (κ3) is 32.9. The summed E-state index contributed by atoms with van der Waals surface area (Å²) in [5.41, 5.74) is -2.80. The van der Waals surface area contributed by atoms with E-state index in [0.717, 1.165) is 77.0 Å². The number of unbranched alkanes of at least 4 members (excludes halogenated alkanes) is 35. The molecule has 6 nitrogen and oxygen atoms in total. The molecule has 0 spiro atoms. The smallest absolute Gasteiger partial charge is 0.189 e. The summed E-state index contributed by atoms with van der Waals surface area (Å²) in [4.78, 5) is 40.0. The molecule has 348 valence electrons. The molecule has 0 rings (SSSR count). The lowest BCUT2D eigenvalue weighted by molar-refractivity contribution is -0.181. The summed E-state index contributed by atoms with van der Waals surface area (Å²) in [6, 6.07) is 0. The molecule has 0 aromatic heterocycles. The van der Waals surface area contributed by atoms with Crippen molar-refractivity contribution in [2.45, 2.75) is 308 Å². The maximum Gasteiger partial charge on any atom is 0.189 e. The average Bonchev–Trinajstić information content (AvgIpc) is 3.24. The SMILES string of the molecule is CCCCCCCC/C=C\CCCCCCCC(=O)[C@H](O)C(O)(C(=O)CCCCCCCCCCCCCCC)C(O)C(=O)CCCCCCCCCCCCCCC. The Balaban J connectivity index is 4.79. The molecule has 0 aromatic carbocycles. The van der Waals surface area contributed by atoms with Crippen molar-refractivity contribution in [1.82, 2.24) is 0 Å². The summed E-state index contributed by atoms with van der Waals surface area (Å²) < 4.78 is 0. The Morgan fingerprint density at radius 1 is 0.356 bits per heavy atom. The molecule has 3 atom stereocenters. The highest BCUT2D eigenvalue weighted by atomic mass is 16.4. The zero-order valence-electron chi connectivity index (χ0n) is 39.6. The van der Waals surface area contributed by atoms with Gasteiger partial charge in [0.25, 0.3) is 0 Å². The first-order valence-corrected chi connectivity index (χ1v) is 26.1. The summed E-state index contributed by atoms with van der Waals surface area (Å²) in [5.74, 6) is -2.13. The molecule has 0 aromatic rings. The second-order valence-electron chi connectivity index (χ2n) is 18.3. The van der Waals surface area contributed by atoms with Crippen molar-refractivity contribution >= 4 is 17.3 Å². The lowest BCUT2D eigenvalue weighted by Crippen LogP contribution is -2.63. The van der Waals surface area contributed by atoms with Crippen molar-refractivity contribution in [3.05, 3.63) is 12.2 Å². The molecule has 6 heteroatoms. The molecule has 0 heterocycles. The fraction of sp³-hybridized carbons (Fsp3) is 0.906. The fourth-order valence-corrected chi connectivity index (χ4v) is 8.41. The van der Waals surface area contributed by atoms with Gasteiger partial charge in [0.15, 0.2) is 35.2 Å². The van der Waals surface area contributed by atoms with Crippen LogP contribution in [0.2, 0.25) is 0 Å². The number of Topliss-reactive ketones (excluding diaryl/α,β-unsaturated/α-hetero) is 3. The van der Waals surface area contributed by atoms with Crippen molar-refractivity contribution in [3.8, 4) is 0 Å². The first kappa shape index (κ1) is 57.6. The first-order chi connectivity index (χ1) is 28.8. The molecule has 0 amide bonds. The third-order valence-electron chi connectivity index (χ3n) is 12.6. The van der Waals surface area contributed by atoms with Crippen molar-refractivity contribution in [3.63, 3.8) is 0 Å². The topological polar surface area (TPSA) is 112 Å². The van der Waals surface area contributed by atoms with Crippen LogP contribution in [0.15, 0.2) is 12.2 Å². The van der Waals surface area contributed by atoms with E-state index in [2.05, 4.69) is 32.9 Å². The molecule has 0 saturated carbocycles. The van der Waals surface area contributed by atoms with Crippen LogP contribution in [0.25, 0.3) is 0 Å². The van der Waals surface area contributed by atoms with Gasteiger partial charge in [-0.05, 0) is 44.9 Å². The predicted octanol–water partition coefficient (Wildman–Crippen LogP) is 15.1. The van der Waals surface area contributed by atoms with Gasteiger partial charge in [-0.1, -0.05) is 238 Å². The van der Waals surface area contributed by atoms with Crippen LogP contribution in [-0.4, -0.2) is 50.5 Å². The van der Waals surface area contributed by atoms with Gasteiger partial charge in [0.2, 0.25) is 0 Å². The zero-order chi connectivity index (χ0) is 43.5. The molecule has 0 aliphatic carbocycles. The van der Waals surface area contributed by atoms with E-state index in [9.17, 15) is 29.7 Å². The van der Waals surface area contributed by atoms with Gasteiger partial charge in [-0.3, -0.25) is 14.4 Å². The number of aliphatic hydroxyl groups excluding tert-OH is 2. The standard InChI is InChI=1S/C53H100O6/c1-4-7-10-13-16-19-22-25-26-29-31-34-37-40-43-46-49(55)52(58)53(59,50(56)47-44-41-38-35-32-28-24-21-18-15-12-9-6-3)51(57)48(54)45-42-39-36-33-30-27-23-20-17-14-11-8-5-2/h25-26,51-52,57-59H,4-24,27-47H2,1-3H3/b26-25-/t51?,52-,53?/m0/s1. The van der Waals surface area contributed by atoms with E-state index >= 15 is 0 Å². The molecular weight excluding hydrogens is 733 g/mol. The Labute approximate surface area is 366 Å². The van der Waals surface area contributed by atoms with Crippen LogP contribution in [0.1, 0.15) is 290 Å². The molecule has 59 heavy (non-hydrogen) atoms. The average molecular weight is 833 g/mol. The number of carbonyl (C=O) groups is 3. The first-order valence-electron chi connectivity index (χ1n) is 26.1. The van der Waals surface area contributed by atoms with Gasteiger partial charge >= 0.3 is 0 Å². The molecule has 2 unspecified atom stereocenters. The minimum Gasteiger partial charge on any atom is -0.382 e. The number of ketones is 3. The number of allylic oxidation sites excluding steroid dienone is 2. The Hall–Kier alpha value is -1.37. The van der Waals surface area contributed by atoms with E-state index in [1.807, 2.05) is 0 Å². The Kier molecular flexibility index (Phi) is 42.3. The van der Waals surface area contributed by atoms with Crippen LogP contribution in [0.4, 0.5) is 0 Å². The van der Waals surface area contributed by atoms with Crippen LogP contribution >= 0.6 is 0 Å². The number of aliphatic hydroxyl groups is 3. The summed E-state index contributed by atoms with van der Waals surface area (Å²) >= 11 is 0. The number of rotatable bonds is 48. The van der Waals surface area contributed by atoms with Crippen molar-refractivity contribution in [1.29, 1.82) is 0 Å². The highest BCUT2D eigenvalue weighted by Gasteiger charge is 2.53. The molecule has 0 bridgehead atoms. The van der Waals surface area contributed by atoms with Gasteiger partial charge in [-0.15, -0.1) is 0 Å². The van der Waals surface area contributed by atoms with E-state index < -0.39 is 35.2 Å². The Bertz CT molecular complexity index is 977. The normalized spacial score (nSPS) is 13.9. The lowest BCUT2D eigenvalue weighted by atomic mass is 9.78. The molecule has 0 aliphatic rings. The molecular formula is C53H100O6. The Morgan fingerprint density at radius 2 is 0.576 bits per heavy atom. The van der Waals surface area contributed by atoms with E-state index in [-0.39, 0.29) is 19.3 Å². The quantitative estimate of drug-likeness (QED) is 0.0416. The summed E-state index contributed by atoms with van der Waals surface area (Å²) in [6.07, 6.45) is 45.0. The van der Waals surface area contributed by atoms with Gasteiger partial charge in [-0.2, -0.15) is 0 Å². The molecule has 0 fully saturated rings. The van der Waals surface area contributed by atoms with Crippen LogP contribution in [0, 0.1) is 0 Å². The molecule has 3 N–H and O–H groups in total. The summed E-state index contributed by atoms with van der Waals surface area (Å²) in [5, 5.41) is 34.1. The minimum absolute atomic E-state index is 0.00736. The van der Waals surface area contributed by atoms with E-state index in [4.69, 9.17) is 0 Å². The van der Waals surface area contributed by atoms with Crippen molar-refractivity contribution < 1.29 is 29.7 Å². The van der Waals surface area contributed by atoms with Gasteiger partial charge < -0.3 is 15.3 Å². The van der Waals surface area contributed by atoms with E-state index in [1.165, 1.54) is 154 Å². The monoisotopic (exact) mass is 833 g/mol. The van der Waals surface area contributed by atoms with Gasteiger partial charge in [0, 0.05) is 19.3 Å². The largest absolute Gasteiger partial charge is 0.382 e. The highest BCUT2D eigenvalue weighted by molar-refractivity contribution is 6.01. The van der Waals surface area contributed by atoms with E-state index in [0.29, 0.717) is 19.3 Å². The lowest BCUT2D eigenvalue weighted by Gasteiger charge is -2.34. The number of hydrogen-bond donors (Lipinski definition) is 3. The molecule has 0 aliphatic heterocycles. The highest BCUT2D eigenvalue weighted by Crippen LogP contribution is 2.26. The number of hydrogen-bond acceptors (Lipinski definition) is 6. The zero-order valence-corrected chi connectivity index (χ0v) is 39.6. The van der Waals surface area contributed by atoms with E-state index in [1.54, 1.807) is 0 Å². The fourth-order valence-electron chi connectivity index (χ4n) is 8.41. The second-order valence-corrected chi connectivity index (χ2v) is 18.3. The molecule has 0 radical (unpaired) electrons. The third-order valence-corrected chi connectivity index (χ3v) is 12.6. The Morgan fingerprint density at radius 3 is 0.847 bits per heavy atom. The predicted molar refractivity (Wildman–Crippen MR) is 252 cm³/mol. The summed E-state index contributed by atoms with van der Waals surface area (Å²) in [7, 11) is 0. The van der Waals surface area contributed by atoms with Gasteiger partial charge in [-0.25, -0.2) is 0 Å². The summed E-state index contributed by atoms with van der Waals surface area (Å²) in [6.45, 7) is 6.74. The van der Waals surface area contributed by atoms with Crippen LogP contribution in [-0.2, 0) is 14.4 Å². The molecule has 0 saturated heterocycles. The maximum atomic E-state index is 13.6. The van der Waals surface area contributed by atoms with Crippen LogP contribution in [0.3, 0.4) is 0 Å². The number of carbonyl (C=O) groups excluding carboxylic acids is 3. The maximum absolute atomic E-state index is 13.6. The van der Waals surface area contributed by atoms with Crippen molar-refractivity contribution in [2.24, 2.45) is 0 Å². The van der Waals surface area contributed by atoms with Crippen molar-refractivity contribution in [2.75, 3.05) is 0 Å². The van der Waals surface area contributed by atoms with Gasteiger partial charge in [0.05, 0.1) is 0 Å². The van der Waals surface area contributed by atoms with Gasteiger partial charge in [0.1, 0.15) is 0 Å². The van der Waals surface area contributed by atoms with Crippen LogP contribution < -0.4 is 0 Å². The second kappa shape index (κ2) is 43.3. The minimum atomic E-state index is -2.80.